The number of hydrogen-bond donors (Lipinski definition) is 2. The fraction of sp³-hybridized carbons (Fsp3) is 0.286. The van der Waals surface area contributed by atoms with E-state index >= 15 is 0 Å². The normalized spacial score (nSPS) is 11.1. The van der Waals surface area contributed by atoms with Gasteiger partial charge in [0, 0.05) is 23.4 Å². The third-order valence-electron chi connectivity index (χ3n) is 3.11. The number of hydrogen-bond acceptors (Lipinski definition) is 4. The fourth-order valence-corrected chi connectivity index (χ4v) is 2.73. The summed E-state index contributed by atoms with van der Waals surface area (Å²) in [5.74, 6) is -0.593. The molecule has 0 fully saturated rings. The van der Waals surface area contributed by atoms with Crippen LogP contribution in [0.15, 0.2) is 35.7 Å². The van der Waals surface area contributed by atoms with Crippen molar-refractivity contribution < 1.29 is 14.4 Å². The SMILES string of the molecule is CN(CCc1cccs1)Cc1ccc(F)c(B(O)O)c1. The van der Waals surface area contributed by atoms with Crippen molar-refractivity contribution in [3.63, 3.8) is 0 Å². The van der Waals surface area contributed by atoms with Crippen molar-refractivity contribution >= 4 is 23.9 Å². The Labute approximate surface area is 122 Å². The summed E-state index contributed by atoms with van der Waals surface area (Å²) in [6, 6.07) is 8.59. The molecule has 1 aromatic heterocycles. The van der Waals surface area contributed by atoms with Crippen LogP contribution in [-0.2, 0) is 13.0 Å². The largest absolute Gasteiger partial charge is 0.491 e. The number of benzene rings is 1. The Hall–Kier alpha value is -1.21. The van der Waals surface area contributed by atoms with E-state index in [1.165, 1.54) is 17.0 Å². The Kier molecular flexibility index (Phi) is 5.31. The Morgan fingerprint density at radius 1 is 1.30 bits per heavy atom. The number of thiophene rings is 1. The lowest BCUT2D eigenvalue weighted by Crippen LogP contribution is -2.33. The van der Waals surface area contributed by atoms with Crippen LogP contribution in [-0.4, -0.2) is 35.7 Å². The molecule has 0 aliphatic carbocycles. The van der Waals surface area contributed by atoms with E-state index in [0.717, 1.165) is 18.5 Å². The van der Waals surface area contributed by atoms with Gasteiger partial charge in [-0.05, 0) is 36.5 Å². The average molecular weight is 293 g/mol. The molecular weight excluding hydrogens is 276 g/mol. The molecule has 106 valence electrons. The second-order valence-electron chi connectivity index (χ2n) is 4.80. The van der Waals surface area contributed by atoms with E-state index in [2.05, 4.69) is 16.3 Å². The minimum absolute atomic E-state index is 0.0749. The van der Waals surface area contributed by atoms with Gasteiger partial charge in [0.05, 0.1) is 0 Å². The highest BCUT2D eigenvalue weighted by Crippen LogP contribution is 2.10. The Bertz CT molecular complexity index is 548. The van der Waals surface area contributed by atoms with Crippen molar-refractivity contribution in [2.45, 2.75) is 13.0 Å². The second-order valence-corrected chi connectivity index (χ2v) is 5.83. The van der Waals surface area contributed by atoms with Crippen LogP contribution < -0.4 is 5.46 Å². The first kappa shape index (κ1) is 15.2. The summed E-state index contributed by atoms with van der Waals surface area (Å²) in [6.07, 6.45) is 0.977. The zero-order valence-electron chi connectivity index (χ0n) is 11.3. The van der Waals surface area contributed by atoms with Gasteiger partial charge < -0.3 is 14.9 Å². The van der Waals surface area contributed by atoms with Gasteiger partial charge in [-0.25, -0.2) is 4.39 Å². The van der Waals surface area contributed by atoms with Gasteiger partial charge in [0.25, 0.3) is 0 Å². The molecule has 6 heteroatoms. The van der Waals surface area contributed by atoms with Crippen LogP contribution in [0.25, 0.3) is 0 Å². The van der Waals surface area contributed by atoms with Gasteiger partial charge >= 0.3 is 7.12 Å². The quantitative estimate of drug-likeness (QED) is 0.788. The van der Waals surface area contributed by atoms with Crippen molar-refractivity contribution in [3.05, 3.63) is 52.0 Å². The van der Waals surface area contributed by atoms with E-state index in [0.29, 0.717) is 6.54 Å². The molecule has 0 aliphatic heterocycles. The van der Waals surface area contributed by atoms with Crippen molar-refractivity contribution in [2.24, 2.45) is 0 Å². The number of rotatable bonds is 6. The zero-order chi connectivity index (χ0) is 14.5. The summed E-state index contributed by atoms with van der Waals surface area (Å²) in [6.45, 7) is 1.54. The highest BCUT2D eigenvalue weighted by atomic mass is 32.1. The van der Waals surface area contributed by atoms with Crippen LogP contribution in [0.3, 0.4) is 0 Å². The van der Waals surface area contributed by atoms with Crippen LogP contribution in [0.1, 0.15) is 10.4 Å². The van der Waals surface area contributed by atoms with Gasteiger partial charge in [0.1, 0.15) is 5.82 Å². The molecule has 0 saturated carbocycles. The minimum atomic E-state index is -1.77. The maximum absolute atomic E-state index is 13.4. The van der Waals surface area contributed by atoms with E-state index in [-0.39, 0.29) is 5.46 Å². The zero-order valence-corrected chi connectivity index (χ0v) is 12.1. The van der Waals surface area contributed by atoms with Gasteiger partial charge in [-0.1, -0.05) is 18.2 Å². The topological polar surface area (TPSA) is 43.7 Å². The summed E-state index contributed by atoms with van der Waals surface area (Å²) >= 11 is 1.74. The Balaban J connectivity index is 1.93. The maximum Gasteiger partial charge on any atom is 0.491 e. The van der Waals surface area contributed by atoms with Crippen molar-refractivity contribution in [3.8, 4) is 0 Å². The highest BCUT2D eigenvalue weighted by molar-refractivity contribution is 7.09. The first-order valence-electron chi connectivity index (χ1n) is 6.41. The molecule has 0 atom stereocenters. The van der Waals surface area contributed by atoms with E-state index in [1.54, 1.807) is 17.4 Å². The van der Waals surface area contributed by atoms with Gasteiger partial charge in [-0.2, -0.15) is 0 Å². The molecule has 1 heterocycles. The molecule has 2 rings (SSSR count). The van der Waals surface area contributed by atoms with Gasteiger partial charge in [-0.15, -0.1) is 11.3 Å². The van der Waals surface area contributed by atoms with Crippen molar-refractivity contribution in [2.75, 3.05) is 13.6 Å². The van der Waals surface area contributed by atoms with Crippen LogP contribution >= 0.6 is 11.3 Å². The van der Waals surface area contributed by atoms with Crippen LogP contribution in [0.4, 0.5) is 4.39 Å². The molecule has 0 unspecified atom stereocenters. The van der Waals surface area contributed by atoms with E-state index < -0.39 is 12.9 Å². The van der Waals surface area contributed by atoms with E-state index in [4.69, 9.17) is 10.0 Å². The van der Waals surface area contributed by atoms with Gasteiger partial charge in [0.15, 0.2) is 0 Å². The molecule has 0 radical (unpaired) electrons. The molecule has 0 spiro atoms. The van der Waals surface area contributed by atoms with Crippen molar-refractivity contribution in [1.29, 1.82) is 0 Å². The number of likely N-dealkylation sites (N-methyl/N-ethyl adjacent to an activating group) is 1. The third-order valence-corrected chi connectivity index (χ3v) is 4.05. The molecule has 20 heavy (non-hydrogen) atoms. The summed E-state index contributed by atoms with van der Waals surface area (Å²) < 4.78 is 13.4. The molecule has 0 saturated heterocycles. The average Bonchev–Trinajstić information content (AvgIpc) is 2.91. The molecule has 2 aromatic rings. The smallest absolute Gasteiger partial charge is 0.423 e. The summed E-state index contributed by atoms with van der Waals surface area (Å²) in [5, 5.41) is 20.2. The van der Waals surface area contributed by atoms with Gasteiger partial charge in [-0.3, -0.25) is 0 Å². The van der Waals surface area contributed by atoms with Crippen molar-refractivity contribution in [1.82, 2.24) is 4.90 Å². The van der Waals surface area contributed by atoms with Crippen LogP contribution in [0, 0.1) is 5.82 Å². The molecule has 0 amide bonds. The monoisotopic (exact) mass is 293 g/mol. The lowest BCUT2D eigenvalue weighted by molar-refractivity contribution is 0.332. The first-order chi connectivity index (χ1) is 9.56. The summed E-state index contributed by atoms with van der Waals surface area (Å²) in [7, 11) is 0.220. The molecule has 0 aliphatic rings. The molecule has 2 N–H and O–H groups in total. The molecule has 3 nitrogen and oxygen atoms in total. The standard InChI is InChI=1S/C14H17BFNO2S/c1-17(7-6-12-3-2-8-20-12)10-11-4-5-14(16)13(9-11)15(18)19/h2-5,8-9,18-19H,6-7,10H2,1H3. The molecule has 1 aromatic carbocycles. The summed E-state index contributed by atoms with van der Waals surface area (Å²) in [4.78, 5) is 3.46. The second kappa shape index (κ2) is 6.99. The predicted molar refractivity (Wildman–Crippen MR) is 80.6 cm³/mol. The number of nitrogens with zero attached hydrogens (tertiary/aromatic N) is 1. The number of halogens is 1. The Morgan fingerprint density at radius 2 is 2.10 bits per heavy atom. The van der Waals surface area contributed by atoms with E-state index in [1.807, 2.05) is 13.1 Å². The molecule has 0 bridgehead atoms. The lowest BCUT2D eigenvalue weighted by Gasteiger charge is -2.17. The van der Waals surface area contributed by atoms with E-state index in [9.17, 15) is 4.39 Å². The molecular formula is C14H17BFNO2S. The fourth-order valence-electron chi connectivity index (χ4n) is 2.04. The third kappa shape index (κ3) is 4.14. The Morgan fingerprint density at radius 3 is 2.75 bits per heavy atom. The van der Waals surface area contributed by atoms with Gasteiger partial charge in [0.2, 0.25) is 0 Å². The predicted octanol–water partition coefficient (Wildman–Crippen LogP) is 1.24. The summed E-state index contributed by atoms with van der Waals surface area (Å²) in [5.41, 5.74) is 0.789. The minimum Gasteiger partial charge on any atom is -0.423 e. The van der Waals surface area contributed by atoms with Crippen LogP contribution in [0.5, 0.6) is 0 Å². The van der Waals surface area contributed by atoms with Crippen LogP contribution in [0.2, 0.25) is 0 Å². The lowest BCUT2D eigenvalue weighted by atomic mass is 9.79. The maximum atomic E-state index is 13.4. The highest BCUT2D eigenvalue weighted by Gasteiger charge is 2.17. The first-order valence-corrected chi connectivity index (χ1v) is 7.29.